The number of hydrogen-bond donors (Lipinski definition) is 2. The minimum atomic E-state index is -1.09. The van der Waals surface area contributed by atoms with Crippen LogP contribution in [-0.4, -0.2) is 28.6 Å². The van der Waals surface area contributed by atoms with E-state index in [2.05, 4.69) is 5.32 Å². The van der Waals surface area contributed by atoms with Crippen LogP contribution in [0.3, 0.4) is 0 Å². The number of fused-ring (bicyclic) bond motifs is 3. The fourth-order valence-corrected chi connectivity index (χ4v) is 6.62. The first-order valence-electron chi connectivity index (χ1n) is 12.5. The van der Waals surface area contributed by atoms with E-state index < -0.39 is 11.9 Å². The molecule has 0 radical (unpaired) electrons. The van der Waals surface area contributed by atoms with Crippen molar-refractivity contribution in [2.45, 2.75) is 14.7 Å². The first kappa shape index (κ1) is 25.7. The van der Waals surface area contributed by atoms with Gasteiger partial charge in [0.15, 0.2) is 0 Å². The Labute approximate surface area is 239 Å². The Morgan fingerprint density at radius 2 is 1.38 bits per heavy atom. The molecule has 0 aliphatic carbocycles. The number of thioether (sulfide) groups is 1. The van der Waals surface area contributed by atoms with Crippen molar-refractivity contribution < 1.29 is 19.5 Å². The minimum Gasteiger partial charge on any atom is -0.478 e. The number of carboxylic acids is 1. The number of para-hydroxylation sites is 2. The van der Waals surface area contributed by atoms with E-state index in [0.29, 0.717) is 16.5 Å². The highest BCUT2D eigenvalue weighted by atomic mass is 32.2. The first-order valence-corrected chi connectivity index (χ1v) is 14.3. The predicted molar refractivity (Wildman–Crippen MR) is 160 cm³/mol. The smallest absolute Gasteiger partial charge is 0.336 e. The predicted octanol–water partition coefficient (Wildman–Crippen LogP) is 7.71. The Morgan fingerprint density at radius 3 is 2.05 bits per heavy atom. The van der Waals surface area contributed by atoms with Crippen LogP contribution in [0.25, 0.3) is 10.8 Å². The molecule has 5 aromatic carbocycles. The molecule has 0 aromatic heterocycles. The van der Waals surface area contributed by atoms with Gasteiger partial charge in [0.1, 0.15) is 0 Å². The monoisotopic (exact) mass is 562 g/mol. The number of carbonyl (C=O) groups excluding carboxylic acids is 2. The van der Waals surface area contributed by atoms with Crippen LogP contribution in [-0.2, 0) is 4.79 Å². The molecule has 2 amide bonds. The molecule has 0 fully saturated rings. The maximum absolute atomic E-state index is 13.5. The zero-order valence-electron chi connectivity index (χ0n) is 21.0. The first-order chi connectivity index (χ1) is 19.5. The van der Waals surface area contributed by atoms with Gasteiger partial charge in [-0.3, -0.25) is 14.5 Å². The lowest BCUT2D eigenvalue weighted by atomic mass is 9.98. The van der Waals surface area contributed by atoms with E-state index in [4.69, 9.17) is 0 Å². The van der Waals surface area contributed by atoms with Gasteiger partial charge >= 0.3 is 5.97 Å². The summed E-state index contributed by atoms with van der Waals surface area (Å²) in [5.74, 6) is -1.34. The van der Waals surface area contributed by atoms with Gasteiger partial charge in [0, 0.05) is 31.3 Å². The van der Waals surface area contributed by atoms with E-state index in [9.17, 15) is 19.5 Å². The van der Waals surface area contributed by atoms with Crippen LogP contribution < -0.4 is 10.2 Å². The minimum absolute atomic E-state index is 0.0448. The van der Waals surface area contributed by atoms with Gasteiger partial charge in [0.25, 0.3) is 5.91 Å². The maximum atomic E-state index is 13.5. The van der Waals surface area contributed by atoms with E-state index in [-0.39, 0.29) is 22.8 Å². The van der Waals surface area contributed by atoms with Gasteiger partial charge in [0.05, 0.1) is 22.7 Å². The summed E-state index contributed by atoms with van der Waals surface area (Å²) in [5, 5.41) is 13.6. The van der Waals surface area contributed by atoms with Crippen LogP contribution in [0.4, 0.5) is 17.1 Å². The third-order valence-electron chi connectivity index (χ3n) is 6.52. The average Bonchev–Trinajstić information content (AvgIpc) is 2.98. The number of aromatic carboxylic acids is 1. The summed E-state index contributed by atoms with van der Waals surface area (Å²) >= 11 is 3.04. The number of nitrogens with one attached hydrogen (secondary N) is 1. The van der Waals surface area contributed by atoms with Crippen LogP contribution in [0.1, 0.15) is 20.7 Å². The second-order valence-electron chi connectivity index (χ2n) is 9.05. The Kier molecular flexibility index (Phi) is 7.02. The molecule has 0 atom stereocenters. The highest BCUT2D eigenvalue weighted by Crippen LogP contribution is 2.48. The number of benzene rings is 5. The summed E-state index contributed by atoms with van der Waals surface area (Å²) in [6, 6.07) is 33.1. The SMILES string of the molecule is O=C(O)c1cccc2cccc(C(=O)Nc3cccc(SCC(=O)N4c5ccccc5Sc5ccccc54)c3)c12. The molecule has 1 heterocycles. The lowest BCUT2D eigenvalue weighted by molar-refractivity contribution is -0.115. The summed E-state index contributed by atoms with van der Waals surface area (Å²) in [7, 11) is 0. The standard InChI is InChI=1S/C32H22N2O4S2/c35-29(34-25-14-1-3-16-27(25)40-28-17-4-2-15-26(28)34)19-39-22-11-7-10-21(18-22)33-31(36)23-12-5-8-20-9-6-13-24(30(20)23)32(37)38/h1-18H,19H2,(H,33,36)(H,37,38). The van der Waals surface area contributed by atoms with Crippen LogP contribution in [0.15, 0.2) is 124 Å². The van der Waals surface area contributed by atoms with Crippen LogP contribution in [0, 0.1) is 0 Å². The zero-order chi connectivity index (χ0) is 27.6. The lowest BCUT2D eigenvalue weighted by Crippen LogP contribution is -2.29. The van der Waals surface area contributed by atoms with Crippen LogP contribution in [0.5, 0.6) is 0 Å². The fraction of sp³-hybridized carbons (Fsp3) is 0.0312. The topological polar surface area (TPSA) is 86.7 Å². The number of nitrogens with zero attached hydrogens (tertiary/aromatic N) is 1. The van der Waals surface area contributed by atoms with Crippen molar-refractivity contribution in [1.29, 1.82) is 0 Å². The largest absolute Gasteiger partial charge is 0.478 e. The molecular formula is C32H22N2O4S2. The summed E-state index contributed by atoms with van der Waals surface area (Å²) in [5.41, 5.74) is 2.65. The molecule has 196 valence electrons. The third-order valence-corrected chi connectivity index (χ3v) is 8.62. The molecule has 8 heteroatoms. The van der Waals surface area contributed by atoms with Crippen molar-refractivity contribution in [2.24, 2.45) is 0 Å². The van der Waals surface area contributed by atoms with Gasteiger partial charge in [0.2, 0.25) is 5.91 Å². The van der Waals surface area contributed by atoms with Gasteiger partial charge < -0.3 is 10.4 Å². The number of carbonyl (C=O) groups is 3. The lowest BCUT2D eigenvalue weighted by Gasteiger charge is -2.31. The van der Waals surface area contributed by atoms with Gasteiger partial charge in [-0.05, 0) is 60.0 Å². The molecule has 2 N–H and O–H groups in total. The molecule has 0 saturated heterocycles. The highest BCUT2D eigenvalue weighted by molar-refractivity contribution is 8.00. The molecule has 0 bridgehead atoms. The Hall–Kier alpha value is -4.53. The molecule has 0 unspecified atom stereocenters. The second-order valence-corrected chi connectivity index (χ2v) is 11.2. The molecule has 6 rings (SSSR count). The normalized spacial score (nSPS) is 11.9. The van der Waals surface area contributed by atoms with Crippen LogP contribution in [0.2, 0.25) is 0 Å². The molecule has 0 saturated carbocycles. The Morgan fingerprint density at radius 1 is 0.750 bits per heavy atom. The van der Waals surface area contributed by atoms with Crippen LogP contribution >= 0.6 is 23.5 Å². The summed E-state index contributed by atoms with van der Waals surface area (Å²) < 4.78 is 0. The molecule has 40 heavy (non-hydrogen) atoms. The zero-order valence-corrected chi connectivity index (χ0v) is 22.7. The Bertz CT molecular complexity index is 1750. The highest BCUT2D eigenvalue weighted by Gasteiger charge is 2.27. The number of carboxylic acid groups (broad SMARTS) is 1. The van der Waals surface area contributed by atoms with Gasteiger partial charge in [-0.25, -0.2) is 4.79 Å². The van der Waals surface area contributed by atoms with E-state index in [0.717, 1.165) is 26.1 Å². The molecule has 6 nitrogen and oxygen atoms in total. The van der Waals surface area contributed by atoms with Crippen molar-refractivity contribution >= 4 is 69.1 Å². The van der Waals surface area contributed by atoms with E-state index in [1.807, 2.05) is 66.7 Å². The third kappa shape index (κ3) is 4.95. The quantitative estimate of drug-likeness (QED) is 0.206. The Balaban J connectivity index is 1.21. The van der Waals surface area contributed by atoms with Crippen molar-refractivity contribution in [3.05, 3.63) is 120 Å². The molecule has 1 aliphatic heterocycles. The number of hydrogen-bond acceptors (Lipinski definition) is 5. The maximum Gasteiger partial charge on any atom is 0.336 e. The van der Waals surface area contributed by atoms with Crippen molar-refractivity contribution in [3.8, 4) is 0 Å². The average molecular weight is 563 g/mol. The number of anilines is 3. The van der Waals surface area contributed by atoms with Gasteiger partial charge in [-0.1, -0.05) is 66.4 Å². The van der Waals surface area contributed by atoms with Crippen molar-refractivity contribution in [1.82, 2.24) is 0 Å². The van der Waals surface area contributed by atoms with Crippen molar-refractivity contribution in [2.75, 3.05) is 16.0 Å². The summed E-state index contributed by atoms with van der Waals surface area (Å²) in [6.45, 7) is 0. The fourth-order valence-electron chi connectivity index (χ4n) is 4.75. The van der Waals surface area contributed by atoms with Gasteiger partial charge in [-0.15, -0.1) is 11.8 Å². The summed E-state index contributed by atoms with van der Waals surface area (Å²) in [6.07, 6.45) is 0. The molecule has 0 spiro atoms. The second kappa shape index (κ2) is 10.9. The number of rotatable bonds is 6. The van der Waals surface area contributed by atoms with Crippen molar-refractivity contribution in [3.63, 3.8) is 0 Å². The van der Waals surface area contributed by atoms with E-state index in [1.54, 1.807) is 53.1 Å². The van der Waals surface area contributed by atoms with E-state index in [1.165, 1.54) is 17.8 Å². The summed E-state index contributed by atoms with van der Waals surface area (Å²) in [4.78, 5) is 43.2. The number of amides is 2. The molecular weight excluding hydrogens is 540 g/mol. The van der Waals surface area contributed by atoms with E-state index >= 15 is 0 Å². The molecule has 5 aromatic rings. The molecule has 1 aliphatic rings. The van der Waals surface area contributed by atoms with Gasteiger partial charge in [-0.2, -0.15) is 0 Å².